The minimum Gasteiger partial charge on any atom is -0.348 e. The second-order valence-electron chi connectivity index (χ2n) is 4.14. The summed E-state index contributed by atoms with van der Waals surface area (Å²) in [6.07, 6.45) is 3.28. The molecular formula is C12H17N3O2. The highest BCUT2D eigenvalue weighted by Crippen LogP contribution is 1.94. The molecular weight excluding hydrogens is 218 g/mol. The van der Waals surface area contributed by atoms with Gasteiger partial charge in [-0.1, -0.05) is 13.8 Å². The first-order valence-electron chi connectivity index (χ1n) is 5.54. The standard InChI is InChI=1S/C12H17N3O2/c1-9(2)7-14-11(16)12(17)15-8-10-3-5-13-6-4-10/h3-6,9H,7-8H2,1-2H3,(H,14,16)(H,15,17). The van der Waals surface area contributed by atoms with Gasteiger partial charge in [-0.2, -0.15) is 0 Å². The van der Waals surface area contributed by atoms with Crippen LogP contribution in [0.5, 0.6) is 0 Å². The number of carbonyl (C=O) groups is 2. The Bertz CT molecular complexity index is 377. The van der Waals surface area contributed by atoms with Gasteiger partial charge in [-0.3, -0.25) is 14.6 Å². The quantitative estimate of drug-likeness (QED) is 0.745. The van der Waals surface area contributed by atoms with Gasteiger partial charge in [-0.25, -0.2) is 0 Å². The van der Waals surface area contributed by atoms with Gasteiger partial charge in [0.25, 0.3) is 0 Å². The van der Waals surface area contributed by atoms with E-state index in [4.69, 9.17) is 0 Å². The predicted molar refractivity (Wildman–Crippen MR) is 63.9 cm³/mol. The highest BCUT2D eigenvalue weighted by Gasteiger charge is 2.12. The van der Waals surface area contributed by atoms with Crippen LogP contribution in [0.3, 0.4) is 0 Å². The van der Waals surface area contributed by atoms with Crippen LogP contribution >= 0.6 is 0 Å². The van der Waals surface area contributed by atoms with Crippen LogP contribution in [0.1, 0.15) is 19.4 Å². The Kier molecular flexibility index (Phi) is 5.13. The molecule has 0 saturated carbocycles. The second-order valence-corrected chi connectivity index (χ2v) is 4.14. The van der Waals surface area contributed by atoms with Gasteiger partial charge in [-0.05, 0) is 23.6 Å². The van der Waals surface area contributed by atoms with E-state index in [0.29, 0.717) is 19.0 Å². The first-order chi connectivity index (χ1) is 8.09. The van der Waals surface area contributed by atoms with Crippen LogP contribution in [-0.4, -0.2) is 23.3 Å². The summed E-state index contributed by atoms with van der Waals surface area (Å²) < 4.78 is 0. The number of hydrogen-bond donors (Lipinski definition) is 2. The molecule has 0 fully saturated rings. The van der Waals surface area contributed by atoms with Gasteiger partial charge >= 0.3 is 11.8 Å². The predicted octanol–water partition coefficient (Wildman–Crippen LogP) is 0.470. The molecule has 0 saturated heterocycles. The van der Waals surface area contributed by atoms with E-state index in [2.05, 4.69) is 15.6 Å². The molecule has 1 aromatic heterocycles. The summed E-state index contributed by atoms with van der Waals surface area (Å²) in [6, 6.07) is 3.57. The number of nitrogens with zero attached hydrogens (tertiary/aromatic N) is 1. The maximum absolute atomic E-state index is 11.4. The Morgan fingerprint density at radius 2 is 1.76 bits per heavy atom. The first kappa shape index (κ1) is 13.2. The fourth-order valence-electron chi connectivity index (χ4n) is 1.14. The maximum Gasteiger partial charge on any atom is 0.309 e. The maximum atomic E-state index is 11.4. The molecule has 1 rings (SSSR count). The minimum atomic E-state index is -0.609. The summed E-state index contributed by atoms with van der Waals surface area (Å²) in [5.74, 6) is -0.873. The molecule has 0 atom stereocenters. The van der Waals surface area contributed by atoms with Gasteiger partial charge in [0, 0.05) is 25.5 Å². The largest absolute Gasteiger partial charge is 0.348 e. The van der Waals surface area contributed by atoms with Gasteiger partial charge in [0.2, 0.25) is 0 Å². The molecule has 2 amide bonds. The lowest BCUT2D eigenvalue weighted by Crippen LogP contribution is -2.40. The van der Waals surface area contributed by atoms with Crippen molar-refractivity contribution in [2.75, 3.05) is 6.54 Å². The average Bonchev–Trinajstić information content (AvgIpc) is 2.34. The summed E-state index contributed by atoms with van der Waals surface area (Å²) in [4.78, 5) is 26.6. The molecule has 17 heavy (non-hydrogen) atoms. The highest BCUT2D eigenvalue weighted by atomic mass is 16.2. The molecule has 92 valence electrons. The molecule has 1 heterocycles. The van der Waals surface area contributed by atoms with E-state index in [0.717, 1.165) is 5.56 Å². The Labute approximate surface area is 101 Å². The van der Waals surface area contributed by atoms with E-state index in [1.165, 1.54) is 0 Å². The van der Waals surface area contributed by atoms with Gasteiger partial charge in [-0.15, -0.1) is 0 Å². The zero-order valence-corrected chi connectivity index (χ0v) is 10.1. The number of nitrogens with one attached hydrogen (secondary N) is 2. The molecule has 0 radical (unpaired) electrons. The molecule has 0 unspecified atom stereocenters. The van der Waals surface area contributed by atoms with Crippen LogP contribution in [0.15, 0.2) is 24.5 Å². The zero-order valence-electron chi connectivity index (χ0n) is 10.1. The first-order valence-corrected chi connectivity index (χ1v) is 5.54. The Balaban J connectivity index is 2.32. The van der Waals surface area contributed by atoms with Crippen molar-refractivity contribution >= 4 is 11.8 Å². The van der Waals surface area contributed by atoms with Crippen molar-refractivity contribution in [1.29, 1.82) is 0 Å². The summed E-state index contributed by atoms with van der Waals surface area (Å²) in [5.41, 5.74) is 0.907. The van der Waals surface area contributed by atoms with E-state index in [9.17, 15) is 9.59 Å². The third-order valence-corrected chi connectivity index (χ3v) is 2.08. The van der Waals surface area contributed by atoms with Crippen molar-refractivity contribution in [1.82, 2.24) is 15.6 Å². The lowest BCUT2D eigenvalue weighted by Gasteiger charge is -2.08. The molecule has 0 aliphatic heterocycles. The van der Waals surface area contributed by atoms with Gasteiger partial charge in [0.1, 0.15) is 0 Å². The summed E-state index contributed by atoms with van der Waals surface area (Å²) in [6.45, 7) is 4.77. The minimum absolute atomic E-state index is 0.326. The highest BCUT2D eigenvalue weighted by molar-refractivity contribution is 6.35. The fourth-order valence-corrected chi connectivity index (χ4v) is 1.14. The lowest BCUT2D eigenvalue weighted by atomic mass is 10.2. The number of pyridine rings is 1. The third kappa shape index (κ3) is 5.10. The lowest BCUT2D eigenvalue weighted by molar-refractivity contribution is -0.139. The van der Waals surface area contributed by atoms with Gasteiger partial charge in [0.15, 0.2) is 0 Å². The van der Waals surface area contributed by atoms with Crippen molar-refractivity contribution in [3.05, 3.63) is 30.1 Å². The van der Waals surface area contributed by atoms with Crippen molar-refractivity contribution in [2.45, 2.75) is 20.4 Å². The molecule has 0 aliphatic carbocycles. The van der Waals surface area contributed by atoms with Crippen LogP contribution in [-0.2, 0) is 16.1 Å². The van der Waals surface area contributed by atoms with Crippen molar-refractivity contribution < 1.29 is 9.59 Å². The smallest absolute Gasteiger partial charge is 0.309 e. The van der Waals surface area contributed by atoms with E-state index in [1.54, 1.807) is 24.5 Å². The Morgan fingerprint density at radius 3 is 2.35 bits per heavy atom. The Morgan fingerprint density at radius 1 is 1.18 bits per heavy atom. The van der Waals surface area contributed by atoms with Crippen LogP contribution in [0.4, 0.5) is 0 Å². The molecule has 0 spiro atoms. The summed E-state index contributed by atoms with van der Waals surface area (Å²) in [7, 11) is 0. The second kappa shape index (κ2) is 6.62. The number of hydrogen-bond acceptors (Lipinski definition) is 3. The molecule has 1 aromatic rings. The third-order valence-electron chi connectivity index (χ3n) is 2.08. The molecule has 2 N–H and O–H groups in total. The van der Waals surface area contributed by atoms with Crippen molar-refractivity contribution in [2.24, 2.45) is 5.92 Å². The number of aromatic nitrogens is 1. The molecule has 5 nitrogen and oxygen atoms in total. The topological polar surface area (TPSA) is 71.1 Å². The van der Waals surface area contributed by atoms with E-state index < -0.39 is 11.8 Å². The van der Waals surface area contributed by atoms with E-state index in [1.807, 2.05) is 13.8 Å². The van der Waals surface area contributed by atoms with Crippen molar-refractivity contribution in [3.8, 4) is 0 Å². The Hall–Kier alpha value is -1.91. The summed E-state index contributed by atoms with van der Waals surface area (Å²) >= 11 is 0. The number of rotatable bonds is 4. The zero-order chi connectivity index (χ0) is 12.7. The number of carbonyl (C=O) groups excluding carboxylic acids is 2. The number of amides is 2. The molecule has 0 bridgehead atoms. The summed E-state index contributed by atoms with van der Waals surface area (Å²) in [5, 5.41) is 5.10. The molecule has 0 aliphatic rings. The molecule has 0 aromatic carbocycles. The van der Waals surface area contributed by atoms with Crippen LogP contribution in [0.25, 0.3) is 0 Å². The monoisotopic (exact) mass is 235 g/mol. The van der Waals surface area contributed by atoms with Crippen LogP contribution < -0.4 is 10.6 Å². The fraction of sp³-hybridized carbons (Fsp3) is 0.417. The molecule has 5 heteroatoms. The van der Waals surface area contributed by atoms with Gasteiger partial charge in [0.05, 0.1) is 0 Å². The van der Waals surface area contributed by atoms with E-state index in [-0.39, 0.29) is 0 Å². The van der Waals surface area contributed by atoms with Crippen molar-refractivity contribution in [3.63, 3.8) is 0 Å². The SMILES string of the molecule is CC(C)CNC(=O)C(=O)NCc1ccncc1. The van der Waals surface area contributed by atoms with Crippen LogP contribution in [0, 0.1) is 5.92 Å². The average molecular weight is 235 g/mol. The normalized spacial score (nSPS) is 10.1. The van der Waals surface area contributed by atoms with Crippen LogP contribution in [0.2, 0.25) is 0 Å². The van der Waals surface area contributed by atoms with E-state index >= 15 is 0 Å². The van der Waals surface area contributed by atoms with Gasteiger partial charge < -0.3 is 10.6 Å².